The summed E-state index contributed by atoms with van der Waals surface area (Å²) in [4.78, 5) is 0. The summed E-state index contributed by atoms with van der Waals surface area (Å²) < 4.78 is 0. The van der Waals surface area contributed by atoms with Gasteiger partial charge in [0.15, 0.2) is 0 Å². The van der Waals surface area contributed by atoms with Crippen molar-refractivity contribution < 1.29 is 0 Å². The summed E-state index contributed by atoms with van der Waals surface area (Å²) in [7, 11) is 0. The molecule has 0 heterocycles. The monoisotopic (exact) mass is 178 g/mol. The molecule has 1 aromatic carbocycles. The maximum atomic E-state index is 5.73. The van der Waals surface area contributed by atoms with Crippen LogP contribution < -0.4 is 0 Å². The summed E-state index contributed by atoms with van der Waals surface area (Å²) in [6.07, 6.45) is 0. The van der Waals surface area contributed by atoms with E-state index < -0.39 is 0 Å². The fourth-order valence-corrected chi connectivity index (χ4v) is 0.887. The molecule has 62 valence electrons. The number of rotatable bonds is 0. The minimum Gasteiger partial charge on any atom is -0.0951 e. The fourth-order valence-electron chi connectivity index (χ4n) is 0.761. The zero-order valence-corrected chi connectivity index (χ0v) is 8.02. The van der Waals surface area contributed by atoms with Crippen molar-refractivity contribution in [1.82, 2.24) is 0 Å². The largest absolute Gasteiger partial charge is 0.0951 e. The van der Waals surface area contributed by atoms with Gasteiger partial charge < -0.3 is 0 Å². The van der Waals surface area contributed by atoms with E-state index in [-0.39, 0.29) is 0 Å². The van der Waals surface area contributed by atoms with E-state index >= 15 is 0 Å². The Morgan fingerprint density at radius 2 is 1.75 bits per heavy atom. The quantitative estimate of drug-likeness (QED) is 0.535. The van der Waals surface area contributed by atoms with Crippen LogP contribution in [0.1, 0.15) is 19.4 Å². The molecule has 0 radical (unpaired) electrons. The molecule has 0 N–H and O–H groups in total. The van der Waals surface area contributed by atoms with E-state index in [4.69, 9.17) is 11.6 Å². The first kappa shape index (κ1) is 9.16. The molecule has 0 bridgehead atoms. The van der Waals surface area contributed by atoms with Crippen molar-refractivity contribution >= 4 is 11.6 Å². The van der Waals surface area contributed by atoms with E-state index in [1.807, 2.05) is 24.3 Å². The third-order valence-electron chi connectivity index (χ3n) is 1.35. The molecule has 0 nitrogen and oxygen atoms in total. The van der Waals surface area contributed by atoms with Gasteiger partial charge >= 0.3 is 0 Å². The van der Waals surface area contributed by atoms with Crippen LogP contribution in [0.4, 0.5) is 0 Å². The van der Waals surface area contributed by atoms with Crippen molar-refractivity contribution in [3.8, 4) is 11.8 Å². The Balaban J connectivity index is 2.79. The maximum Gasteiger partial charge on any atom is 0.0406 e. The summed E-state index contributed by atoms with van der Waals surface area (Å²) in [5.41, 5.74) is 1.02. The van der Waals surface area contributed by atoms with Crippen molar-refractivity contribution in [2.45, 2.75) is 13.8 Å². The third-order valence-corrected chi connectivity index (χ3v) is 1.60. The molecule has 0 aliphatic carbocycles. The lowest BCUT2D eigenvalue weighted by Gasteiger charge is -1.91. The molecule has 0 unspecified atom stereocenters. The highest BCUT2D eigenvalue weighted by Crippen LogP contribution is 2.08. The third kappa shape index (κ3) is 2.98. The van der Waals surface area contributed by atoms with Crippen LogP contribution in [0.5, 0.6) is 0 Å². The number of hydrogen-bond donors (Lipinski definition) is 0. The van der Waals surface area contributed by atoms with Crippen molar-refractivity contribution in [3.05, 3.63) is 34.9 Å². The molecule has 0 fully saturated rings. The molecule has 1 aromatic rings. The topological polar surface area (TPSA) is 0 Å². The minimum atomic E-state index is 0.417. The molecule has 1 rings (SSSR count). The Bertz CT molecular complexity index is 298. The van der Waals surface area contributed by atoms with Gasteiger partial charge in [-0.05, 0) is 24.3 Å². The van der Waals surface area contributed by atoms with Crippen LogP contribution in [-0.2, 0) is 0 Å². The summed E-state index contributed by atoms with van der Waals surface area (Å²) in [5.74, 6) is 6.57. The van der Waals surface area contributed by atoms with Crippen LogP contribution in [0.15, 0.2) is 24.3 Å². The van der Waals surface area contributed by atoms with Crippen LogP contribution in [0.25, 0.3) is 0 Å². The fraction of sp³-hybridized carbons (Fsp3) is 0.273. The SMILES string of the molecule is CC(C)C#Cc1ccc(Cl)cc1. The van der Waals surface area contributed by atoms with Gasteiger partial charge in [0.1, 0.15) is 0 Å². The van der Waals surface area contributed by atoms with Gasteiger partial charge in [0, 0.05) is 16.5 Å². The number of halogens is 1. The molecule has 0 aromatic heterocycles. The summed E-state index contributed by atoms with van der Waals surface area (Å²) >= 11 is 5.73. The molecule has 0 spiro atoms. The Kier molecular flexibility index (Phi) is 3.19. The van der Waals surface area contributed by atoms with Crippen molar-refractivity contribution in [1.29, 1.82) is 0 Å². The lowest BCUT2D eigenvalue weighted by Crippen LogP contribution is -1.79. The first-order valence-corrected chi connectivity index (χ1v) is 4.33. The minimum absolute atomic E-state index is 0.417. The molecule has 0 amide bonds. The number of hydrogen-bond acceptors (Lipinski definition) is 0. The molecule has 0 aliphatic rings. The number of benzene rings is 1. The highest BCUT2D eigenvalue weighted by atomic mass is 35.5. The summed E-state index contributed by atoms with van der Waals surface area (Å²) in [5, 5.41) is 0.755. The molecule has 0 saturated heterocycles. The Morgan fingerprint density at radius 1 is 1.17 bits per heavy atom. The van der Waals surface area contributed by atoms with E-state index in [0.29, 0.717) is 5.92 Å². The second-order valence-corrected chi connectivity index (χ2v) is 3.37. The van der Waals surface area contributed by atoms with Crippen molar-refractivity contribution in [2.24, 2.45) is 5.92 Å². The highest BCUT2D eigenvalue weighted by molar-refractivity contribution is 6.30. The lowest BCUT2D eigenvalue weighted by atomic mass is 10.2. The van der Waals surface area contributed by atoms with Gasteiger partial charge in [-0.2, -0.15) is 0 Å². The lowest BCUT2D eigenvalue weighted by molar-refractivity contribution is 0.866. The van der Waals surface area contributed by atoms with Crippen LogP contribution in [0.3, 0.4) is 0 Å². The standard InChI is InChI=1S/C11H11Cl/c1-9(2)3-4-10-5-7-11(12)8-6-10/h5-9H,1-2H3. The Labute approximate surface area is 78.6 Å². The van der Waals surface area contributed by atoms with Gasteiger partial charge in [-0.1, -0.05) is 37.3 Å². The van der Waals surface area contributed by atoms with E-state index in [1.165, 1.54) is 0 Å². The van der Waals surface area contributed by atoms with Gasteiger partial charge in [0.05, 0.1) is 0 Å². The molecule has 1 heteroatoms. The highest BCUT2D eigenvalue weighted by Gasteiger charge is 1.87. The zero-order chi connectivity index (χ0) is 8.97. The van der Waals surface area contributed by atoms with Crippen molar-refractivity contribution in [3.63, 3.8) is 0 Å². The first-order valence-electron chi connectivity index (χ1n) is 3.95. The van der Waals surface area contributed by atoms with E-state index in [0.717, 1.165) is 10.6 Å². The predicted octanol–water partition coefficient (Wildman–Crippen LogP) is 3.35. The van der Waals surface area contributed by atoms with E-state index in [2.05, 4.69) is 25.7 Å². The molecular weight excluding hydrogens is 168 g/mol. The molecule has 0 saturated carbocycles. The average Bonchev–Trinajstić information content (AvgIpc) is 2.03. The van der Waals surface area contributed by atoms with E-state index in [1.54, 1.807) is 0 Å². The van der Waals surface area contributed by atoms with Gasteiger partial charge in [-0.3, -0.25) is 0 Å². The van der Waals surface area contributed by atoms with Gasteiger partial charge in [-0.25, -0.2) is 0 Å². The first-order chi connectivity index (χ1) is 5.68. The van der Waals surface area contributed by atoms with Gasteiger partial charge in [0.25, 0.3) is 0 Å². The molecule has 0 aliphatic heterocycles. The second-order valence-electron chi connectivity index (χ2n) is 2.93. The summed E-state index contributed by atoms with van der Waals surface area (Å²) in [6.45, 7) is 4.14. The normalized spacial score (nSPS) is 9.33. The summed E-state index contributed by atoms with van der Waals surface area (Å²) in [6, 6.07) is 7.56. The van der Waals surface area contributed by atoms with Crippen LogP contribution >= 0.6 is 11.6 Å². The Hall–Kier alpha value is -0.930. The zero-order valence-electron chi connectivity index (χ0n) is 7.26. The van der Waals surface area contributed by atoms with Gasteiger partial charge in [-0.15, -0.1) is 0 Å². The molecule has 12 heavy (non-hydrogen) atoms. The van der Waals surface area contributed by atoms with Crippen molar-refractivity contribution in [2.75, 3.05) is 0 Å². The van der Waals surface area contributed by atoms with Crippen LogP contribution in [0, 0.1) is 17.8 Å². The maximum absolute atomic E-state index is 5.73. The molecule has 0 atom stereocenters. The van der Waals surface area contributed by atoms with E-state index in [9.17, 15) is 0 Å². The smallest absolute Gasteiger partial charge is 0.0406 e. The molecular formula is C11H11Cl. The van der Waals surface area contributed by atoms with Crippen LogP contribution in [0.2, 0.25) is 5.02 Å². The average molecular weight is 179 g/mol. The predicted molar refractivity (Wildman–Crippen MR) is 53.2 cm³/mol. The van der Waals surface area contributed by atoms with Crippen LogP contribution in [-0.4, -0.2) is 0 Å². The second kappa shape index (κ2) is 4.18. The van der Waals surface area contributed by atoms with Gasteiger partial charge in [0.2, 0.25) is 0 Å². The Morgan fingerprint density at radius 3 is 2.25 bits per heavy atom.